The number of piperidine rings is 1. The Labute approximate surface area is 112 Å². The van der Waals surface area contributed by atoms with Crippen molar-refractivity contribution in [1.29, 1.82) is 0 Å². The van der Waals surface area contributed by atoms with Crippen molar-refractivity contribution < 1.29 is 17.7 Å². The molecule has 0 aliphatic carbocycles. The van der Waals surface area contributed by atoms with Crippen molar-refractivity contribution in [2.24, 2.45) is 0 Å². The molecule has 0 bridgehead atoms. The summed E-state index contributed by atoms with van der Waals surface area (Å²) in [5, 5.41) is 3.68. The number of hydrogen-bond acceptors (Lipinski definition) is 5. The minimum atomic E-state index is -3.26. The number of carbonyl (C=O) groups is 1. The molecule has 7 nitrogen and oxygen atoms in total. The van der Waals surface area contributed by atoms with E-state index >= 15 is 0 Å². The third-order valence-corrected chi connectivity index (χ3v) is 3.69. The van der Waals surface area contributed by atoms with Gasteiger partial charge in [-0.15, -0.1) is 0 Å². The molecule has 1 N–H and O–H groups in total. The number of sulfonamides is 1. The Bertz CT molecular complexity index is 566. The van der Waals surface area contributed by atoms with Crippen molar-refractivity contribution in [3.8, 4) is 0 Å². The van der Waals surface area contributed by atoms with Crippen LogP contribution in [-0.4, -0.2) is 49.8 Å². The van der Waals surface area contributed by atoms with Gasteiger partial charge >= 0.3 is 0 Å². The van der Waals surface area contributed by atoms with Gasteiger partial charge in [0.1, 0.15) is 0 Å². The summed E-state index contributed by atoms with van der Waals surface area (Å²) < 4.78 is 29.9. The lowest BCUT2D eigenvalue weighted by Gasteiger charge is -2.32. The van der Waals surface area contributed by atoms with Crippen LogP contribution < -0.4 is 4.72 Å². The number of likely N-dealkylation sites (tertiary alicyclic amines) is 1. The largest absolute Gasteiger partial charge is 0.351 e. The Balaban J connectivity index is 2.03. The zero-order valence-corrected chi connectivity index (χ0v) is 11.7. The third kappa shape index (κ3) is 3.77. The highest BCUT2D eigenvalue weighted by atomic mass is 32.2. The van der Waals surface area contributed by atoms with Gasteiger partial charge in [0.25, 0.3) is 5.91 Å². The first-order valence-electron chi connectivity index (χ1n) is 6.05. The Morgan fingerprint density at radius 1 is 1.58 bits per heavy atom. The smallest absolute Gasteiger partial charge is 0.292 e. The molecule has 1 saturated heterocycles. The zero-order valence-electron chi connectivity index (χ0n) is 10.9. The molecule has 1 amide bonds. The van der Waals surface area contributed by atoms with Crippen LogP contribution in [0.25, 0.3) is 0 Å². The van der Waals surface area contributed by atoms with E-state index in [4.69, 9.17) is 4.52 Å². The number of carbonyl (C=O) groups excluding carboxylic acids is 1. The first-order chi connectivity index (χ1) is 8.85. The highest BCUT2D eigenvalue weighted by Gasteiger charge is 2.27. The molecule has 1 aromatic rings. The number of nitrogens with one attached hydrogen (secondary N) is 1. The standard InChI is InChI=1S/C11H17N3O4S/c1-8-6-10(18-12-8)11(15)14-5-3-4-9(7-14)13-19(2,16)17/h6,9,13H,3-5,7H2,1-2H3/t9-/m1/s1. The fourth-order valence-electron chi connectivity index (χ4n) is 2.18. The molecular weight excluding hydrogens is 270 g/mol. The molecule has 1 aliphatic heterocycles. The lowest BCUT2D eigenvalue weighted by Crippen LogP contribution is -2.49. The van der Waals surface area contributed by atoms with E-state index in [9.17, 15) is 13.2 Å². The van der Waals surface area contributed by atoms with E-state index in [1.165, 1.54) is 0 Å². The average Bonchev–Trinajstić information content (AvgIpc) is 2.73. The van der Waals surface area contributed by atoms with Crippen LogP contribution in [0.15, 0.2) is 10.6 Å². The van der Waals surface area contributed by atoms with E-state index in [1.807, 2.05) is 0 Å². The molecule has 1 fully saturated rings. The van der Waals surface area contributed by atoms with E-state index < -0.39 is 10.0 Å². The van der Waals surface area contributed by atoms with Gasteiger partial charge in [0, 0.05) is 25.2 Å². The molecule has 1 aliphatic rings. The van der Waals surface area contributed by atoms with Crippen molar-refractivity contribution >= 4 is 15.9 Å². The summed E-state index contributed by atoms with van der Waals surface area (Å²) >= 11 is 0. The van der Waals surface area contributed by atoms with E-state index in [2.05, 4.69) is 9.88 Å². The van der Waals surface area contributed by atoms with Crippen LogP contribution >= 0.6 is 0 Å². The Hall–Kier alpha value is -1.41. The number of nitrogens with zero attached hydrogens (tertiary/aromatic N) is 2. The normalized spacial score (nSPS) is 20.5. The lowest BCUT2D eigenvalue weighted by molar-refractivity contribution is 0.0661. The first-order valence-corrected chi connectivity index (χ1v) is 7.94. The van der Waals surface area contributed by atoms with Gasteiger partial charge in [-0.3, -0.25) is 4.79 Å². The molecule has 2 heterocycles. The highest BCUT2D eigenvalue weighted by Crippen LogP contribution is 2.15. The van der Waals surface area contributed by atoms with Crippen LogP contribution in [0.2, 0.25) is 0 Å². The number of hydrogen-bond donors (Lipinski definition) is 1. The lowest BCUT2D eigenvalue weighted by atomic mass is 10.1. The molecule has 0 radical (unpaired) electrons. The Morgan fingerprint density at radius 2 is 2.32 bits per heavy atom. The average molecular weight is 287 g/mol. The van der Waals surface area contributed by atoms with Gasteiger partial charge in [-0.2, -0.15) is 0 Å². The van der Waals surface area contributed by atoms with Gasteiger partial charge in [0.05, 0.1) is 11.9 Å². The molecular formula is C11H17N3O4S. The van der Waals surface area contributed by atoms with E-state index in [0.29, 0.717) is 18.8 Å². The van der Waals surface area contributed by atoms with Gasteiger partial charge in [-0.25, -0.2) is 13.1 Å². The maximum atomic E-state index is 12.1. The SMILES string of the molecule is Cc1cc(C(=O)N2CCC[C@@H](NS(C)(=O)=O)C2)on1. The van der Waals surface area contributed by atoms with Gasteiger partial charge in [0.15, 0.2) is 0 Å². The van der Waals surface area contributed by atoms with Crippen molar-refractivity contribution in [2.45, 2.75) is 25.8 Å². The topological polar surface area (TPSA) is 92.5 Å². The van der Waals surface area contributed by atoms with E-state index in [0.717, 1.165) is 19.1 Å². The third-order valence-electron chi connectivity index (χ3n) is 2.93. The van der Waals surface area contributed by atoms with Gasteiger partial charge < -0.3 is 9.42 Å². The molecule has 1 aromatic heterocycles. The minimum absolute atomic E-state index is 0.192. The van der Waals surface area contributed by atoms with Crippen molar-refractivity contribution in [1.82, 2.24) is 14.8 Å². The van der Waals surface area contributed by atoms with Crippen LogP contribution in [0, 0.1) is 6.92 Å². The summed E-state index contributed by atoms with van der Waals surface area (Å²) in [6.07, 6.45) is 2.60. The second-order valence-corrected chi connectivity index (χ2v) is 6.59. The molecule has 106 valence electrons. The van der Waals surface area contributed by atoms with Gasteiger partial charge in [-0.1, -0.05) is 5.16 Å². The Morgan fingerprint density at radius 3 is 2.89 bits per heavy atom. The quantitative estimate of drug-likeness (QED) is 0.853. The van der Waals surface area contributed by atoms with Crippen LogP contribution in [0.3, 0.4) is 0 Å². The van der Waals surface area contributed by atoms with Gasteiger partial charge in [-0.05, 0) is 19.8 Å². The number of aryl methyl sites for hydroxylation is 1. The summed E-state index contributed by atoms with van der Waals surface area (Å²) in [6.45, 7) is 2.69. The molecule has 0 unspecified atom stereocenters. The summed E-state index contributed by atoms with van der Waals surface area (Å²) in [6, 6.07) is 1.34. The number of aromatic nitrogens is 1. The number of amides is 1. The van der Waals surface area contributed by atoms with Crippen LogP contribution in [0.4, 0.5) is 0 Å². The monoisotopic (exact) mass is 287 g/mol. The molecule has 2 rings (SSSR count). The molecule has 1 atom stereocenters. The van der Waals surface area contributed by atoms with Gasteiger partial charge in [0.2, 0.25) is 15.8 Å². The predicted octanol–water partition coefficient (Wildman–Crippen LogP) is 0.137. The van der Waals surface area contributed by atoms with Crippen LogP contribution in [-0.2, 0) is 10.0 Å². The van der Waals surface area contributed by atoms with Crippen LogP contribution in [0.5, 0.6) is 0 Å². The summed E-state index contributed by atoms with van der Waals surface area (Å²) in [7, 11) is -3.26. The van der Waals surface area contributed by atoms with Crippen molar-refractivity contribution in [2.75, 3.05) is 19.3 Å². The number of rotatable bonds is 3. The van der Waals surface area contributed by atoms with E-state index in [-0.39, 0.29) is 17.7 Å². The van der Waals surface area contributed by atoms with Crippen LogP contribution in [0.1, 0.15) is 29.1 Å². The fourth-order valence-corrected chi connectivity index (χ4v) is 2.98. The maximum Gasteiger partial charge on any atom is 0.292 e. The summed E-state index contributed by atoms with van der Waals surface area (Å²) in [4.78, 5) is 13.7. The molecule has 0 spiro atoms. The summed E-state index contributed by atoms with van der Waals surface area (Å²) in [5.74, 6) is -0.0573. The fraction of sp³-hybridized carbons (Fsp3) is 0.636. The van der Waals surface area contributed by atoms with Crippen molar-refractivity contribution in [3.63, 3.8) is 0 Å². The van der Waals surface area contributed by atoms with Crippen molar-refractivity contribution in [3.05, 3.63) is 17.5 Å². The second kappa shape index (κ2) is 5.30. The maximum absolute atomic E-state index is 12.1. The molecule has 0 saturated carbocycles. The molecule has 8 heteroatoms. The summed E-state index contributed by atoms with van der Waals surface area (Å²) in [5.41, 5.74) is 0.645. The second-order valence-electron chi connectivity index (χ2n) is 4.81. The zero-order chi connectivity index (χ0) is 14.0. The predicted molar refractivity (Wildman–Crippen MR) is 68.1 cm³/mol. The Kier molecular flexibility index (Phi) is 3.91. The minimum Gasteiger partial charge on any atom is -0.351 e. The van der Waals surface area contributed by atoms with E-state index in [1.54, 1.807) is 17.9 Å². The first kappa shape index (κ1) is 14.0. The molecule has 19 heavy (non-hydrogen) atoms. The molecule has 0 aromatic carbocycles. The highest BCUT2D eigenvalue weighted by molar-refractivity contribution is 7.88.